The molecule has 1 N–H and O–H groups in total. The summed E-state index contributed by atoms with van der Waals surface area (Å²) in [6.07, 6.45) is 2.19. The number of halogens is 1. The highest BCUT2D eigenvalue weighted by molar-refractivity contribution is 9.10. The zero-order chi connectivity index (χ0) is 14.5. The lowest BCUT2D eigenvalue weighted by molar-refractivity contribution is 0.523. The van der Waals surface area contributed by atoms with E-state index < -0.39 is 0 Å². The molecule has 0 saturated carbocycles. The van der Waals surface area contributed by atoms with Gasteiger partial charge in [0.1, 0.15) is 0 Å². The lowest BCUT2D eigenvalue weighted by Crippen LogP contribution is -2.33. The van der Waals surface area contributed by atoms with Crippen molar-refractivity contribution in [3.8, 4) is 0 Å². The highest BCUT2D eigenvalue weighted by Gasteiger charge is 2.12. The van der Waals surface area contributed by atoms with Gasteiger partial charge in [-0.1, -0.05) is 30.7 Å². The molecule has 2 aromatic rings. The van der Waals surface area contributed by atoms with Gasteiger partial charge in [-0.05, 0) is 66.4 Å². The van der Waals surface area contributed by atoms with Crippen LogP contribution < -0.4 is 5.32 Å². The Labute approximate surface area is 134 Å². The normalized spacial score (nSPS) is 12.6. The molecule has 108 valence electrons. The van der Waals surface area contributed by atoms with Crippen molar-refractivity contribution in [2.75, 3.05) is 6.54 Å². The zero-order valence-corrected chi connectivity index (χ0v) is 14.8. The topological polar surface area (TPSA) is 12.0 Å². The van der Waals surface area contributed by atoms with Gasteiger partial charge in [-0.15, -0.1) is 11.3 Å². The number of aryl methyl sites for hydroxylation is 2. The Kier molecular flexibility index (Phi) is 5.82. The van der Waals surface area contributed by atoms with Crippen LogP contribution in [-0.2, 0) is 12.8 Å². The van der Waals surface area contributed by atoms with Crippen molar-refractivity contribution in [1.82, 2.24) is 5.32 Å². The largest absolute Gasteiger partial charge is 0.314 e. The molecule has 0 amide bonds. The second-order valence-corrected chi connectivity index (χ2v) is 7.24. The summed E-state index contributed by atoms with van der Waals surface area (Å²) >= 11 is 5.37. The van der Waals surface area contributed by atoms with Gasteiger partial charge in [0, 0.05) is 20.8 Å². The second-order valence-electron chi connectivity index (χ2n) is 5.32. The zero-order valence-electron chi connectivity index (χ0n) is 12.4. The minimum atomic E-state index is 0.506. The maximum Gasteiger partial charge on any atom is 0.0285 e. The summed E-state index contributed by atoms with van der Waals surface area (Å²) in [5, 5.41) is 5.79. The van der Waals surface area contributed by atoms with Crippen molar-refractivity contribution in [2.24, 2.45) is 0 Å². The Balaban J connectivity index is 2.10. The minimum absolute atomic E-state index is 0.506. The van der Waals surface area contributed by atoms with Crippen LogP contribution in [0.25, 0.3) is 0 Å². The van der Waals surface area contributed by atoms with Gasteiger partial charge in [0.25, 0.3) is 0 Å². The van der Waals surface area contributed by atoms with Gasteiger partial charge in [0.05, 0.1) is 0 Å². The number of hydrogen-bond donors (Lipinski definition) is 1. The van der Waals surface area contributed by atoms with Gasteiger partial charge in [0.15, 0.2) is 0 Å². The molecule has 1 atom stereocenters. The summed E-state index contributed by atoms with van der Waals surface area (Å²) in [5.74, 6) is 0. The van der Waals surface area contributed by atoms with Crippen LogP contribution in [0, 0.1) is 13.8 Å². The maximum absolute atomic E-state index is 3.63. The van der Waals surface area contributed by atoms with Crippen molar-refractivity contribution < 1.29 is 0 Å². The van der Waals surface area contributed by atoms with Gasteiger partial charge in [-0.25, -0.2) is 0 Å². The predicted molar refractivity (Wildman–Crippen MR) is 92.8 cm³/mol. The van der Waals surface area contributed by atoms with Gasteiger partial charge in [-0.3, -0.25) is 0 Å². The quantitative estimate of drug-likeness (QED) is 0.780. The monoisotopic (exact) mass is 351 g/mol. The van der Waals surface area contributed by atoms with E-state index in [9.17, 15) is 0 Å². The number of hydrogen-bond acceptors (Lipinski definition) is 2. The number of rotatable bonds is 6. The molecule has 1 aromatic heterocycles. The van der Waals surface area contributed by atoms with Crippen molar-refractivity contribution in [3.63, 3.8) is 0 Å². The fraction of sp³-hybridized carbons (Fsp3) is 0.412. The van der Waals surface area contributed by atoms with Crippen LogP contribution in [0.4, 0.5) is 0 Å². The Morgan fingerprint density at radius 3 is 2.65 bits per heavy atom. The summed E-state index contributed by atoms with van der Waals surface area (Å²) in [6.45, 7) is 7.57. The fourth-order valence-corrected chi connectivity index (χ4v) is 4.03. The van der Waals surface area contributed by atoms with E-state index in [1.165, 1.54) is 26.0 Å². The van der Waals surface area contributed by atoms with Crippen LogP contribution in [0.3, 0.4) is 0 Å². The summed E-state index contributed by atoms with van der Waals surface area (Å²) in [5.41, 5.74) is 4.21. The molecule has 0 bridgehead atoms. The molecular formula is C17H22BrNS. The van der Waals surface area contributed by atoms with Gasteiger partial charge >= 0.3 is 0 Å². The first-order chi connectivity index (χ1) is 9.58. The molecule has 1 heterocycles. The Hall–Kier alpha value is -0.640. The molecule has 2 rings (SSSR count). The molecule has 0 aliphatic carbocycles. The van der Waals surface area contributed by atoms with Crippen LogP contribution in [-0.4, -0.2) is 12.6 Å². The van der Waals surface area contributed by atoms with Crippen LogP contribution >= 0.6 is 27.3 Å². The Bertz CT molecular complexity index is 562. The van der Waals surface area contributed by atoms with E-state index in [0.717, 1.165) is 19.4 Å². The molecule has 3 heteroatoms. The smallest absolute Gasteiger partial charge is 0.0285 e. The molecule has 20 heavy (non-hydrogen) atoms. The number of benzene rings is 1. The first-order valence-corrected chi connectivity index (χ1v) is 8.78. The predicted octanol–water partition coefficient (Wildman–Crippen LogP) is 4.89. The van der Waals surface area contributed by atoms with Crippen molar-refractivity contribution in [2.45, 2.75) is 39.7 Å². The maximum atomic E-state index is 3.63. The summed E-state index contributed by atoms with van der Waals surface area (Å²) in [6, 6.07) is 9.49. The molecule has 0 radical (unpaired) electrons. The summed E-state index contributed by atoms with van der Waals surface area (Å²) in [7, 11) is 0. The minimum Gasteiger partial charge on any atom is -0.314 e. The highest BCUT2D eigenvalue weighted by Crippen LogP contribution is 2.22. The van der Waals surface area contributed by atoms with E-state index in [1.54, 1.807) is 0 Å². The van der Waals surface area contributed by atoms with E-state index in [1.807, 2.05) is 11.3 Å². The molecule has 0 aliphatic heterocycles. The molecule has 0 aliphatic rings. The van der Waals surface area contributed by atoms with E-state index in [0.29, 0.717) is 6.04 Å². The van der Waals surface area contributed by atoms with E-state index in [-0.39, 0.29) is 0 Å². The van der Waals surface area contributed by atoms with Gasteiger partial charge in [-0.2, -0.15) is 0 Å². The third-order valence-corrected chi connectivity index (χ3v) is 5.25. The van der Waals surface area contributed by atoms with E-state index in [4.69, 9.17) is 0 Å². The Morgan fingerprint density at radius 2 is 2.00 bits per heavy atom. The van der Waals surface area contributed by atoms with E-state index >= 15 is 0 Å². The van der Waals surface area contributed by atoms with Crippen LogP contribution in [0.2, 0.25) is 0 Å². The first-order valence-electron chi connectivity index (χ1n) is 7.11. The SMILES string of the molecule is CCNC(Cc1cc(Br)cs1)Cc1cc(C)ccc1C. The molecule has 0 spiro atoms. The fourth-order valence-electron chi connectivity index (χ4n) is 2.49. The Morgan fingerprint density at radius 1 is 1.20 bits per heavy atom. The molecule has 1 aromatic carbocycles. The third-order valence-electron chi connectivity index (χ3n) is 3.53. The van der Waals surface area contributed by atoms with Crippen molar-refractivity contribution in [1.29, 1.82) is 0 Å². The molecule has 0 fully saturated rings. The lowest BCUT2D eigenvalue weighted by Gasteiger charge is -2.19. The second kappa shape index (κ2) is 7.39. The number of thiophene rings is 1. The van der Waals surface area contributed by atoms with Crippen LogP contribution in [0.15, 0.2) is 34.1 Å². The van der Waals surface area contributed by atoms with Gasteiger partial charge in [0.2, 0.25) is 0 Å². The first kappa shape index (κ1) is 15.7. The molecular weight excluding hydrogens is 330 g/mol. The number of nitrogens with one attached hydrogen (secondary N) is 1. The van der Waals surface area contributed by atoms with Gasteiger partial charge < -0.3 is 5.32 Å². The number of likely N-dealkylation sites (N-methyl/N-ethyl adjacent to an activating group) is 1. The van der Waals surface area contributed by atoms with Crippen molar-refractivity contribution in [3.05, 3.63) is 55.7 Å². The molecule has 0 saturated heterocycles. The van der Waals surface area contributed by atoms with Crippen LogP contribution in [0.1, 0.15) is 28.5 Å². The standard InChI is InChI=1S/C17H22BrNS/c1-4-19-16(10-17-9-15(18)11-20-17)8-14-7-12(2)5-6-13(14)3/h5-7,9,11,16,19H,4,8,10H2,1-3H3. The van der Waals surface area contributed by atoms with E-state index in [2.05, 4.69) is 71.7 Å². The lowest BCUT2D eigenvalue weighted by atomic mass is 9.97. The van der Waals surface area contributed by atoms with Crippen molar-refractivity contribution >= 4 is 27.3 Å². The summed E-state index contributed by atoms with van der Waals surface area (Å²) in [4.78, 5) is 1.44. The van der Waals surface area contributed by atoms with Crippen LogP contribution in [0.5, 0.6) is 0 Å². The third kappa shape index (κ3) is 4.44. The molecule has 1 unspecified atom stereocenters. The molecule has 1 nitrogen and oxygen atoms in total. The average Bonchev–Trinajstić information content (AvgIpc) is 2.79. The summed E-state index contributed by atoms with van der Waals surface area (Å²) < 4.78 is 1.19. The highest BCUT2D eigenvalue weighted by atomic mass is 79.9. The average molecular weight is 352 g/mol.